The average molecular weight is 311 g/mol. The molecule has 1 aromatic carbocycles. The minimum Gasteiger partial charge on any atom is -0.504 e. The third kappa shape index (κ3) is 2.77. The molecule has 1 saturated heterocycles. The van der Waals surface area contributed by atoms with Crippen LogP contribution in [0.15, 0.2) is 17.0 Å². The molecule has 0 saturated carbocycles. The van der Waals surface area contributed by atoms with Gasteiger partial charge in [0.05, 0.1) is 4.91 Å². The molecule has 2 amide bonds. The Kier molecular flexibility index (Phi) is 3.76. The number of phenolic OH excluding ortho intramolecular Hbond substituents is 3. The average Bonchev–Trinajstić information content (AvgIpc) is 2.67. The molecule has 0 aromatic heterocycles. The van der Waals surface area contributed by atoms with Crippen molar-refractivity contribution < 1.29 is 34.8 Å². The van der Waals surface area contributed by atoms with E-state index < -0.39 is 40.9 Å². The molecule has 21 heavy (non-hydrogen) atoms. The molecule has 0 spiro atoms. The number of rotatable bonds is 3. The Morgan fingerprint density at radius 3 is 2.48 bits per heavy atom. The molecular weight excluding hydrogens is 302 g/mol. The maximum atomic E-state index is 11.9. The fourth-order valence-electron chi connectivity index (χ4n) is 1.61. The third-order valence-corrected chi connectivity index (χ3v) is 3.52. The fourth-order valence-corrected chi connectivity index (χ4v) is 2.44. The molecule has 8 nitrogen and oxygen atoms in total. The molecule has 4 N–H and O–H groups in total. The molecule has 1 aliphatic rings. The number of carboxylic acids is 1. The Bertz CT molecular complexity index is 682. The lowest BCUT2D eigenvalue weighted by Crippen LogP contribution is -2.33. The fraction of sp³-hybridized carbons (Fsp3) is 0.0833. The first-order chi connectivity index (χ1) is 9.81. The van der Waals surface area contributed by atoms with Gasteiger partial charge in [0.1, 0.15) is 6.54 Å². The lowest BCUT2D eigenvalue weighted by atomic mass is 10.1. The first-order valence-corrected chi connectivity index (χ1v) is 6.34. The van der Waals surface area contributed by atoms with Gasteiger partial charge in [0.15, 0.2) is 11.5 Å². The summed E-state index contributed by atoms with van der Waals surface area (Å²) in [6.45, 7) is -0.755. The van der Waals surface area contributed by atoms with Crippen LogP contribution < -0.4 is 0 Å². The molecule has 1 aromatic rings. The van der Waals surface area contributed by atoms with Crippen molar-refractivity contribution in [2.45, 2.75) is 0 Å². The summed E-state index contributed by atoms with van der Waals surface area (Å²) in [6.07, 6.45) is 1.13. The molecule has 0 unspecified atom stereocenters. The summed E-state index contributed by atoms with van der Waals surface area (Å²) in [6, 6.07) is 2.33. The van der Waals surface area contributed by atoms with Gasteiger partial charge in [-0.1, -0.05) is 0 Å². The number of thioether (sulfide) groups is 1. The standard InChI is InChI=1S/C12H9NO7S/c14-6-2-1-5(9(17)10(6)18)3-7-11(19)13(4-8(15)16)12(20)21-7/h1-3,14,17-18H,4H2,(H,15,16). The van der Waals surface area contributed by atoms with E-state index in [9.17, 15) is 29.7 Å². The molecule has 0 bridgehead atoms. The number of nitrogens with zero attached hydrogens (tertiary/aromatic N) is 1. The van der Waals surface area contributed by atoms with Crippen LogP contribution in [0.3, 0.4) is 0 Å². The van der Waals surface area contributed by atoms with E-state index in [-0.39, 0.29) is 10.5 Å². The van der Waals surface area contributed by atoms with Crippen molar-refractivity contribution in [2.24, 2.45) is 0 Å². The van der Waals surface area contributed by atoms with Crippen LogP contribution in [0.1, 0.15) is 5.56 Å². The van der Waals surface area contributed by atoms with Gasteiger partial charge in [-0.05, 0) is 30.0 Å². The van der Waals surface area contributed by atoms with Crippen LogP contribution in [0.5, 0.6) is 17.2 Å². The molecule has 0 aliphatic carbocycles. The van der Waals surface area contributed by atoms with Gasteiger partial charge in [-0.2, -0.15) is 0 Å². The van der Waals surface area contributed by atoms with E-state index in [1.165, 1.54) is 6.07 Å². The molecule has 0 radical (unpaired) electrons. The Morgan fingerprint density at radius 1 is 1.19 bits per heavy atom. The van der Waals surface area contributed by atoms with Gasteiger partial charge in [0.25, 0.3) is 11.1 Å². The van der Waals surface area contributed by atoms with Crippen LogP contribution in [0, 0.1) is 0 Å². The second kappa shape index (κ2) is 5.37. The first kappa shape index (κ1) is 14.7. The topological polar surface area (TPSA) is 135 Å². The van der Waals surface area contributed by atoms with E-state index in [0.29, 0.717) is 16.7 Å². The number of carbonyl (C=O) groups is 3. The largest absolute Gasteiger partial charge is 0.504 e. The number of carboxylic acid groups (broad SMARTS) is 1. The van der Waals surface area contributed by atoms with Crippen LogP contribution in [-0.4, -0.2) is 49.0 Å². The Labute approximate surface area is 121 Å². The molecule has 1 heterocycles. The zero-order valence-electron chi connectivity index (χ0n) is 10.3. The monoisotopic (exact) mass is 311 g/mol. The maximum absolute atomic E-state index is 11.9. The number of aliphatic carboxylic acids is 1. The van der Waals surface area contributed by atoms with Gasteiger partial charge >= 0.3 is 5.97 Å². The van der Waals surface area contributed by atoms with Gasteiger partial charge in [0, 0.05) is 5.56 Å². The number of benzene rings is 1. The van der Waals surface area contributed by atoms with Crippen LogP contribution in [0.2, 0.25) is 0 Å². The van der Waals surface area contributed by atoms with Crippen molar-refractivity contribution in [1.82, 2.24) is 4.90 Å². The third-order valence-electron chi connectivity index (χ3n) is 2.61. The summed E-state index contributed by atoms with van der Waals surface area (Å²) < 4.78 is 0. The normalized spacial score (nSPS) is 16.8. The smallest absolute Gasteiger partial charge is 0.323 e. The van der Waals surface area contributed by atoms with Crippen molar-refractivity contribution in [3.8, 4) is 17.2 Å². The number of aromatic hydroxyl groups is 3. The van der Waals surface area contributed by atoms with Gasteiger partial charge in [-0.3, -0.25) is 19.3 Å². The zero-order valence-corrected chi connectivity index (χ0v) is 11.1. The lowest BCUT2D eigenvalue weighted by Gasteiger charge is -2.08. The number of imide groups is 1. The molecule has 0 atom stereocenters. The summed E-state index contributed by atoms with van der Waals surface area (Å²) in [5.41, 5.74) is 0.00567. The molecule has 9 heteroatoms. The Morgan fingerprint density at radius 2 is 1.86 bits per heavy atom. The number of phenols is 3. The highest BCUT2D eigenvalue weighted by Gasteiger charge is 2.36. The van der Waals surface area contributed by atoms with E-state index in [1.807, 2.05) is 0 Å². The van der Waals surface area contributed by atoms with Crippen molar-refractivity contribution in [3.05, 3.63) is 22.6 Å². The highest BCUT2D eigenvalue weighted by atomic mass is 32.2. The predicted molar refractivity (Wildman–Crippen MR) is 71.7 cm³/mol. The lowest BCUT2D eigenvalue weighted by molar-refractivity contribution is -0.140. The second-order valence-corrected chi connectivity index (χ2v) is 5.03. The van der Waals surface area contributed by atoms with E-state index in [4.69, 9.17) is 5.11 Å². The number of amides is 2. The number of hydrogen-bond donors (Lipinski definition) is 4. The van der Waals surface area contributed by atoms with E-state index in [1.54, 1.807) is 0 Å². The van der Waals surface area contributed by atoms with Crippen LogP contribution in [-0.2, 0) is 9.59 Å². The van der Waals surface area contributed by atoms with Crippen molar-refractivity contribution >= 4 is 35.0 Å². The zero-order chi connectivity index (χ0) is 15.7. The van der Waals surface area contributed by atoms with Crippen LogP contribution in [0.4, 0.5) is 4.79 Å². The quantitative estimate of drug-likeness (QED) is 0.478. The minimum absolute atomic E-state index is 0.00567. The highest BCUT2D eigenvalue weighted by molar-refractivity contribution is 8.18. The van der Waals surface area contributed by atoms with Crippen molar-refractivity contribution in [1.29, 1.82) is 0 Å². The summed E-state index contributed by atoms with van der Waals surface area (Å²) in [5.74, 6) is -4.08. The predicted octanol–water partition coefficient (Wildman–Crippen LogP) is 0.924. The highest BCUT2D eigenvalue weighted by Crippen LogP contribution is 2.40. The number of hydrogen-bond acceptors (Lipinski definition) is 7. The molecule has 110 valence electrons. The summed E-state index contributed by atoms with van der Waals surface area (Å²) in [7, 11) is 0. The molecule has 1 aliphatic heterocycles. The van der Waals surface area contributed by atoms with E-state index >= 15 is 0 Å². The Hall–Kier alpha value is -2.68. The summed E-state index contributed by atoms with van der Waals surface area (Å²) in [4.78, 5) is 34.4. The van der Waals surface area contributed by atoms with Gasteiger partial charge in [0.2, 0.25) is 5.75 Å². The van der Waals surface area contributed by atoms with Gasteiger partial charge < -0.3 is 20.4 Å². The van der Waals surface area contributed by atoms with Crippen LogP contribution in [0.25, 0.3) is 6.08 Å². The summed E-state index contributed by atoms with van der Waals surface area (Å²) >= 11 is 0.517. The van der Waals surface area contributed by atoms with Gasteiger partial charge in [-0.15, -0.1) is 0 Å². The summed E-state index contributed by atoms with van der Waals surface area (Å²) in [5, 5.41) is 36.1. The van der Waals surface area contributed by atoms with E-state index in [2.05, 4.69) is 0 Å². The van der Waals surface area contributed by atoms with Crippen LogP contribution >= 0.6 is 11.8 Å². The SMILES string of the molecule is O=C(O)CN1C(=O)SC(=Cc2ccc(O)c(O)c2O)C1=O. The maximum Gasteiger partial charge on any atom is 0.323 e. The van der Waals surface area contributed by atoms with Crippen molar-refractivity contribution in [2.75, 3.05) is 6.54 Å². The minimum atomic E-state index is -1.33. The molecule has 1 fully saturated rings. The first-order valence-electron chi connectivity index (χ1n) is 5.52. The van der Waals surface area contributed by atoms with Crippen molar-refractivity contribution in [3.63, 3.8) is 0 Å². The second-order valence-electron chi connectivity index (χ2n) is 4.03. The van der Waals surface area contributed by atoms with Gasteiger partial charge in [-0.25, -0.2) is 0 Å². The molecular formula is C12H9NO7S. The van der Waals surface area contributed by atoms with E-state index in [0.717, 1.165) is 12.1 Å². The molecule has 2 rings (SSSR count). The Balaban J connectivity index is 2.35. The number of carbonyl (C=O) groups excluding carboxylic acids is 2.